The van der Waals surface area contributed by atoms with Crippen LogP contribution in [0, 0.1) is 12.8 Å². The summed E-state index contributed by atoms with van der Waals surface area (Å²) in [4.78, 5) is 2.24. The molecule has 1 aromatic rings. The molecule has 1 heterocycles. The Kier molecular flexibility index (Phi) is 3.89. The Bertz CT molecular complexity index is 351. The standard InChI is InChI=1S/C14H23NO2/c1-10-4-9-13(17-10)14(15(2)3)11-5-7-12(16)8-6-11/h4,9,11-12,14,16H,5-8H2,1-3H3. The second-order valence-corrected chi connectivity index (χ2v) is 5.43. The molecule has 1 saturated carbocycles. The van der Waals surface area contributed by atoms with Gasteiger partial charge in [0.25, 0.3) is 0 Å². The quantitative estimate of drug-likeness (QED) is 0.878. The lowest BCUT2D eigenvalue weighted by atomic mass is 9.81. The van der Waals surface area contributed by atoms with Crippen molar-refractivity contribution < 1.29 is 9.52 Å². The van der Waals surface area contributed by atoms with E-state index in [4.69, 9.17) is 4.42 Å². The molecule has 2 rings (SSSR count). The van der Waals surface area contributed by atoms with Crippen molar-refractivity contribution in [2.24, 2.45) is 5.92 Å². The zero-order valence-corrected chi connectivity index (χ0v) is 11.0. The van der Waals surface area contributed by atoms with Gasteiger partial charge >= 0.3 is 0 Å². The minimum absolute atomic E-state index is 0.0904. The van der Waals surface area contributed by atoms with Crippen LogP contribution in [0.1, 0.15) is 43.2 Å². The molecular formula is C14H23NO2. The summed E-state index contributed by atoms with van der Waals surface area (Å²) >= 11 is 0. The molecule has 1 aromatic heterocycles. The number of aliphatic hydroxyl groups is 1. The number of aryl methyl sites for hydroxylation is 1. The topological polar surface area (TPSA) is 36.6 Å². The highest BCUT2D eigenvalue weighted by Crippen LogP contribution is 2.37. The molecule has 0 bridgehead atoms. The van der Waals surface area contributed by atoms with E-state index in [0.717, 1.165) is 37.2 Å². The molecule has 1 aliphatic carbocycles. The average Bonchev–Trinajstić information content (AvgIpc) is 2.68. The van der Waals surface area contributed by atoms with Gasteiger partial charge in [0.15, 0.2) is 0 Å². The van der Waals surface area contributed by atoms with Gasteiger partial charge in [0.05, 0.1) is 12.1 Å². The van der Waals surface area contributed by atoms with E-state index in [1.165, 1.54) is 0 Å². The first-order valence-electron chi connectivity index (χ1n) is 6.48. The van der Waals surface area contributed by atoms with Gasteiger partial charge in [-0.05, 0) is 64.8 Å². The molecule has 1 aliphatic rings. The normalized spacial score (nSPS) is 27.4. The second-order valence-electron chi connectivity index (χ2n) is 5.43. The van der Waals surface area contributed by atoms with Gasteiger partial charge in [-0.2, -0.15) is 0 Å². The minimum atomic E-state index is -0.0904. The predicted octanol–water partition coefficient (Wildman–Crippen LogP) is 2.74. The van der Waals surface area contributed by atoms with Gasteiger partial charge in [-0.15, -0.1) is 0 Å². The zero-order chi connectivity index (χ0) is 12.4. The molecule has 0 aliphatic heterocycles. The first-order valence-corrected chi connectivity index (χ1v) is 6.48. The second kappa shape index (κ2) is 5.23. The molecule has 1 atom stereocenters. The molecular weight excluding hydrogens is 214 g/mol. The van der Waals surface area contributed by atoms with Gasteiger partial charge < -0.3 is 9.52 Å². The highest BCUT2D eigenvalue weighted by Gasteiger charge is 2.31. The maximum absolute atomic E-state index is 9.58. The van der Waals surface area contributed by atoms with Crippen molar-refractivity contribution in [1.29, 1.82) is 0 Å². The molecule has 1 fully saturated rings. The summed E-state index contributed by atoms with van der Waals surface area (Å²) in [7, 11) is 4.21. The lowest BCUT2D eigenvalue weighted by molar-refractivity contribution is 0.0710. The zero-order valence-electron chi connectivity index (χ0n) is 11.0. The van der Waals surface area contributed by atoms with Crippen LogP contribution in [0.5, 0.6) is 0 Å². The van der Waals surface area contributed by atoms with E-state index in [1.807, 2.05) is 13.0 Å². The summed E-state index contributed by atoms with van der Waals surface area (Å²) in [6.07, 6.45) is 3.93. The van der Waals surface area contributed by atoms with Gasteiger partial charge in [0, 0.05) is 0 Å². The van der Waals surface area contributed by atoms with E-state index in [9.17, 15) is 5.11 Å². The summed E-state index contributed by atoms with van der Waals surface area (Å²) in [5, 5.41) is 9.58. The predicted molar refractivity (Wildman–Crippen MR) is 67.8 cm³/mol. The van der Waals surface area contributed by atoms with E-state index >= 15 is 0 Å². The summed E-state index contributed by atoms with van der Waals surface area (Å²) < 4.78 is 5.78. The van der Waals surface area contributed by atoms with Gasteiger partial charge in [-0.3, -0.25) is 4.90 Å². The Morgan fingerprint density at radius 3 is 2.35 bits per heavy atom. The van der Waals surface area contributed by atoms with Crippen LogP contribution in [0.4, 0.5) is 0 Å². The Morgan fingerprint density at radius 2 is 1.88 bits per heavy atom. The van der Waals surface area contributed by atoms with E-state index in [0.29, 0.717) is 12.0 Å². The number of rotatable bonds is 3. The maximum atomic E-state index is 9.58. The Hall–Kier alpha value is -0.800. The van der Waals surface area contributed by atoms with Crippen LogP contribution in [-0.2, 0) is 0 Å². The van der Waals surface area contributed by atoms with Crippen LogP contribution < -0.4 is 0 Å². The van der Waals surface area contributed by atoms with Gasteiger partial charge in [-0.25, -0.2) is 0 Å². The van der Waals surface area contributed by atoms with Crippen molar-refractivity contribution in [2.75, 3.05) is 14.1 Å². The van der Waals surface area contributed by atoms with E-state index in [-0.39, 0.29) is 6.10 Å². The molecule has 0 saturated heterocycles. The first kappa shape index (κ1) is 12.7. The van der Waals surface area contributed by atoms with Crippen molar-refractivity contribution >= 4 is 0 Å². The molecule has 1 N–H and O–H groups in total. The summed E-state index contributed by atoms with van der Waals surface area (Å²) in [6, 6.07) is 4.46. The van der Waals surface area contributed by atoms with Crippen LogP contribution in [0.3, 0.4) is 0 Å². The molecule has 1 unspecified atom stereocenters. The molecule has 0 amide bonds. The van der Waals surface area contributed by atoms with Crippen molar-refractivity contribution in [3.8, 4) is 0 Å². The van der Waals surface area contributed by atoms with Crippen LogP contribution in [0.2, 0.25) is 0 Å². The lowest BCUT2D eigenvalue weighted by Gasteiger charge is -2.34. The third-order valence-electron chi connectivity index (χ3n) is 3.80. The molecule has 96 valence electrons. The lowest BCUT2D eigenvalue weighted by Crippen LogP contribution is -2.31. The molecule has 0 aromatic carbocycles. The Balaban J connectivity index is 2.12. The molecule has 0 spiro atoms. The number of nitrogens with zero attached hydrogens (tertiary/aromatic N) is 1. The van der Waals surface area contributed by atoms with Gasteiger partial charge in [0.2, 0.25) is 0 Å². The Morgan fingerprint density at radius 1 is 1.24 bits per heavy atom. The SMILES string of the molecule is Cc1ccc(C(C2CCC(O)CC2)N(C)C)o1. The number of hydrogen-bond donors (Lipinski definition) is 1. The largest absolute Gasteiger partial charge is 0.465 e. The minimum Gasteiger partial charge on any atom is -0.465 e. The number of aliphatic hydroxyl groups excluding tert-OH is 1. The van der Waals surface area contributed by atoms with Gasteiger partial charge in [0.1, 0.15) is 11.5 Å². The first-order chi connectivity index (χ1) is 8.08. The summed E-state index contributed by atoms with van der Waals surface area (Å²) in [5.74, 6) is 2.63. The fourth-order valence-corrected chi connectivity index (χ4v) is 2.94. The third-order valence-corrected chi connectivity index (χ3v) is 3.80. The van der Waals surface area contributed by atoms with E-state index in [2.05, 4.69) is 25.1 Å². The summed E-state index contributed by atoms with van der Waals surface area (Å²) in [6.45, 7) is 1.99. The third kappa shape index (κ3) is 2.90. The smallest absolute Gasteiger partial charge is 0.121 e. The van der Waals surface area contributed by atoms with E-state index in [1.54, 1.807) is 0 Å². The molecule has 3 heteroatoms. The fraction of sp³-hybridized carbons (Fsp3) is 0.714. The average molecular weight is 237 g/mol. The van der Waals surface area contributed by atoms with Crippen LogP contribution >= 0.6 is 0 Å². The monoisotopic (exact) mass is 237 g/mol. The maximum Gasteiger partial charge on any atom is 0.121 e. The van der Waals surface area contributed by atoms with E-state index < -0.39 is 0 Å². The van der Waals surface area contributed by atoms with Gasteiger partial charge in [-0.1, -0.05) is 0 Å². The van der Waals surface area contributed by atoms with Crippen LogP contribution in [0.15, 0.2) is 16.5 Å². The van der Waals surface area contributed by atoms with Crippen molar-refractivity contribution in [1.82, 2.24) is 4.90 Å². The van der Waals surface area contributed by atoms with Crippen molar-refractivity contribution in [2.45, 2.75) is 44.8 Å². The number of hydrogen-bond acceptors (Lipinski definition) is 3. The fourth-order valence-electron chi connectivity index (χ4n) is 2.94. The van der Waals surface area contributed by atoms with Crippen molar-refractivity contribution in [3.05, 3.63) is 23.7 Å². The van der Waals surface area contributed by atoms with Crippen LogP contribution in [-0.4, -0.2) is 30.2 Å². The summed E-state index contributed by atoms with van der Waals surface area (Å²) in [5.41, 5.74) is 0. The molecule has 17 heavy (non-hydrogen) atoms. The molecule has 0 radical (unpaired) electrons. The van der Waals surface area contributed by atoms with Crippen molar-refractivity contribution in [3.63, 3.8) is 0 Å². The molecule has 3 nitrogen and oxygen atoms in total. The van der Waals surface area contributed by atoms with Crippen LogP contribution in [0.25, 0.3) is 0 Å². The highest BCUT2D eigenvalue weighted by atomic mass is 16.3. The Labute approximate surface area is 103 Å². The number of furan rings is 1. The highest BCUT2D eigenvalue weighted by molar-refractivity contribution is 5.11.